The maximum absolute atomic E-state index is 13.7. The van der Waals surface area contributed by atoms with E-state index in [0.29, 0.717) is 6.42 Å². The van der Waals surface area contributed by atoms with Crippen molar-refractivity contribution in [3.8, 4) is 5.75 Å². The van der Waals surface area contributed by atoms with Crippen molar-refractivity contribution >= 4 is 23.2 Å². The molecule has 0 saturated carbocycles. The molecule has 2 heterocycles. The number of benzene rings is 3. The fourth-order valence-corrected chi connectivity index (χ4v) is 4.84. The van der Waals surface area contributed by atoms with Crippen molar-refractivity contribution < 1.29 is 9.53 Å². The quantitative estimate of drug-likeness (QED) is 0.555. The Morgan fingerprint density at radius 3 is 2.26 bits per heavy atom. The van der Waals surface area contributed by atoms with E-state index in [4.69, 9.17) is 9.73 Å². The zero-order valence-electron chi connectivity index (χ0n) is 20.6. The highest BCUT2D eigenvalue weighted by atomic mass is 16.5. The number of carbonyl (C=O) groups is 1. The van der Waals surface area contributed by atoms with Crippen LogP contribution >= 0.6 is 0 Å². The Morgan fingerprint density at radius 1 is 0.857 bits per heavy atom. The summed E-state index contributed by atoms with van der Waals surface area (Å²) in [5, 5.41) is 0. The number of nitrogens with zero attached hydrogens (tertiary/aromatic N) is 4. The second-order valence-electron chi connectivity index (χ2n) is 9.22. The zero-order valence-corrected chi connectivity index (χ0v) is 20.6. The van der Waals surface area contributed by atoms with Crippen LogP contribution in [0.15, 0.2) is 77.8 Å². The minimum atomic E-state index is -0.416. The maximum atomic E-state index is 13.7. The van der Waals surface area contributed by atoms with Gasteiger partial charge >= 0.3 is 0 Å². The predicted molar refractivity (Wildman–Crippen MR) is 142 cm³/mol. The average Bonchev–Trinajstić information content (AvgIpc) is 3.22. The molecular weight excluding hydrogens is 436 g/mol. The van der Waals surface area contributed by atoms with Gasteiger partial charge in [-0.05, 0) is 54.8 Å². The smallest absolute Gasteiger partial charge is 0.259 e. The van der Waals surface area contributed by atoms with Gasteiger partial charge in [0, 0.05) is 32.6 Å². The summed E-state index contributed by atoms with van der Waals surface area (Å²) in [6.07, 6.45) is 0.603. The molecule has 180 valence electrons. The number of guanidine groups is 1. The van der Waals surface area contributed by atoms with Crippen LogP contribution in [0.25, 0.3) is 0 Å². The van der Waals surface area contributed by atoms with E-state index < -0.39 is 6.04 Å². The topological polar surface area (TPSA) is 48.4 Å². The summed E-state index contributed by atoms with van der Waals surface area (Å²) in [4.78, 5) is 25.1. The number of piperazine rings is 1. The second-order valence-corrected chi connectivity index (χ2v) is 9.22. The van der Waals surface area contributed by atoms with Crippen LogP contribution in [0.2, 0.25) is 0 Å². The third-order valence-electron chi connectivity index (χ3n) is 6.99. The van der Waals surface area contributed by atoms with Crippen molar-refractivity contribution in [2.24, 2.45) is 4.99 Å². The van der Waals surface area contributed by atoms with Crippen LogP contribution in [-0.4, -0.2) is 56.1 Å². The number of para-hydroxylation sites is 2. The summed E-state index contributed by atoms with van der Waals surface area (Å²) in [5.41, 5.74) is 5.50. The molecule has 1 atom stereocenters. The van der Waals surface area contributed by atoms with E-state index in [1.165, 1.54) is 11.1 Å². The summed E-state index contributed by atoms with van der Waals surface area (Å²) in [5.74, 6) is 1.69. The van der Waals surface area contributed by atoms with Gasteiger partial charge in [0.25, 0.3) is 5.91 Å². The van der Waals surface area contributed by atoms with Crippen molar-refractivity contribution in [1.82, 2.24) is 4.90 Å². The highest BCUT2D eigenvalue weighted by molar-refractivity contribution is 6.22. The van der Waals surface area contributed by atoms with Crippen LogP contribution in [0.4, 0.5) is 11.4 Å². The molecule has 0 spiro atoms. The van der Waals surface area contributed by atoms with Crippen LogP contribution < -0.4 is 14.5 Å². The van der Waals surface area contributed by atoms with Crippen LogP contribution in [0.3, 0.4) is 0 Å². The summed E-state index contributed by atoms with van der Waals surface area (Å²) in [7, 11) is 1.71. The zero-order chi connectivity index (χ0) is 24.4. The molecule has 1 saturated heterocycles. The van der Waals surface area contributed by atoms with Gasteiger partial charge in [0.1, 0.15) is 11.8 Å². The number of aryl methyl sites for hydroxylation is 2. The molecule has 6 nitrogen and oxygen atoms in total. The Hall–Kier alpha value is -3.80. The first-order valence-corrected chi connectivity index (χ1v) is 12.2. The molecule has 2 aliphatic heterocycles. The van der Waals surface area contributed by atoms with Gasteiger partial charge < -0.3 is 14.5 Å². The second kappa shape index (κ2) is 9.82. The molecule has 0 bridgehead atoms. The van der Waals surface area contributed by atoms with Gasteiger partial charge in [-0.1, -0.05) is 48.5 Å². The molecule has 0 aromatic heterocycles. The van der Waals surface area contributed by atoms with E-state index in [2.05, 4.69) is 54.0 Å². The van der Waals surface area contributed by atoms with Crippen molar-refractivity contribution in [3.63, 3.8) is 0 Å². The van der Waals surface area contributed by atoms with E-state index in [1.54, 1.807) is 7.11 Å². The fourth-order valence-electron chi connectivity index (χ4n) is 4.84. The lowest BCUT2D eigenvalue weighted by Crippen LogP contribution is -2.53. The number of hydrogen-bond acceptors (Lipinski definition) is 5. The van der Waals surface area contributed by atoms with E-state index in [9.17, 15) is 4.79 Å². The largest absolute Gasteiger partial charge is 0.495 e. The van der Waals surface area contributed by atoms with Gasteiger partial charge in [0.2, 0.25) is 5.96 Å². The van der Waals surface area contributed by atoms with Gasteiger partial charge in [0.05, 0.1) is 18.5 Å². The first-order valence-electron chi connectivity index (χ1n) is 12.2. The summed E-state index contributed by atoms with van der Waals surface area (Å²) >= 11 is 0. The van der Waals surface area contributed by atoms with Gasteiger partial charge in [-0.15, -0.1) is 0 Å². The first kappa shape index (κ1) is 23.0. The van der Waals surface area contributed by atoms with Crippen LogP contribution in [0.5, 0.6) is 5.75 Å². The Kier molecular flexibility index (Phi) is 6.45. The number of rotatable bonds is 5. The lowest BCUT2D eigenvalue weighted by atomic mass is 10.1. The third kappa shape index (κ3) is 4.61. The standard InChI is InChI=1S/C29H32N4O2/c1-21-13-14-24(19-22(21)2)33-28(34)25(20-23-9-5-4-6-10-23)30-29(33)32-17-15-31(16-18-32)26-11-7-8-12-27(26)35-3/h4-14,19,25H,15-18,20H2,1-3H3. The number of anilines is 2. The van der Waals surface area contributed by atoms with Crippen molar-refractivity contribution in [2.45, 2.75) is 26.3 Å². The van der Waals surface area contributed by atoms with E-state index >= 15 is 0 Å². The first-order chi connectivity index (χ1) is 17.0. The van der Waals surface area contributed by atoms with Gasteiger partial charge in [0.15, 0.2) is 0 Å². The van der Waals surface area contributed by atoms with Gasteiger partial charge in [-0.2, -0.15) is 0 Å². The molecule has 35 heavy (non-hydrogen) atoms. The van der Waals surface area contributed by atoms with Crippen LogP contribution in [0, 0.1) is 13.8 Å². The highest BCUT2D eigenvalue weighted by Crippen LogP contribution is 2.30. The molecule has 1 unspecified atom stereocenters. The number of ether oxygens (including phenoxy) is 1. The summed E-state index contributed by atoms with van der Waals surface area (Å²) in [6, 6.07) is 24.1. The third-order valence-corrected chi connectivity index (χ3v) is 6.99. The fraction of sp³-hybridized carbons (Fsp3) is 0.310. The monoisotopic (exact) mass is 468 g/mol. The normalized spacial score (nSPS) is 18.1. The molecule has 5 rings (SSSR count). The Morgan fingerprint density at radius 2 is 1.54 bits per heavy atom. The molecule has 3 aromatic carbocycles. The minimum Gasteiger partial charge on any atom is -0.495 e. The molecule has 3 aromatic rings. The number of hydrogen-bond donors (Lipinski definition) is 0. The molecule has 6 heteroatoms. The van der Waals surface area contributed by atoms with Gasteiger partial charge in [-0.25, -0.2) is 9.89 Å². The number of aliphatic imine (C=N–C) groups is 1. The molecule has 1 amide bonds. The van der Waals surface area contributed by atoms with Crippen molar-refractivity contribution in [2.75, 3.05) is 43.1 Å². The molecular formula is C29H32N4O2. The van der Waals surface area contributed by atoms with E-state index in [1.807, 2.05) is 47.4 Å². The summed E-state index contributed by atoms with van der Waals surface area (Å²) in [6.45, 7) is 7.40. The van der Waals surface area contributed by atoms with E-state index in [0.717, 1.165) is 54.8 Å². The predicted octanol–water partition coefficient (Wildman–Crippen LogP) is 4.45. The Labute approximate surface area is 207 Å². The molecule has 1 fully saturated rings. The SMILES string of the molecule is COc1ccccc1N1CCN(C2=NC(Cc3ccccc3)C(=O)N2c2ccc(C)c(C)c2)CC1. The van der Waals surface area contributed by atoms with Gasteiger partial charge in [-0.3, -0.25) is 4.79 Å². The highest BCUT2D eigenvalue weighted by Gasteiger charge is 2.39. The van der Waals surface area contributed by atoms with Crippen LogP contribution in [-0.2, 0) is 11.2 Å². The van der Waals surface area contributed by atoms with E-state index in [-0.39, 0.29) is 5.91 Å². The van der Waals surface area contributed by atoms with Crippen molar-refractivity contribution in [1.29, 1.82) is 0 Å². The lowest BCUT2D eigenvalue weighted by Gasteiger charge is -2.39. The van der Waals surface area contributed by atoms with Crippen molar-refractivity contribution in [3.05, 3.63) is 89.5 Å². The molecule has 0 N–H and O–H groups in total. The summed E-state index contributed by atoms with van der Waals surface area (Å²) < 4.78 is 5.57. The molecule has 0 radical (unpaired) electrons. The number of carbonyl (C=O) groups excluding carboxylic acids is 1. The number of amides is 1. The molecule has 0 aliphatic carbocycles. The Balaban J connectivity index is 1.41. The Bertz CT molecular complexity index is 1230. The number of methoxy groups -OCH3 is 1. The molecule has 2 aliphatic rings. The maximum Gasteiger partial charge on any atom is 0.259 e. The van der Waals surface area contributed by atoms with Crippen LogP contribution in [0.1, 0.15) is 16.7 Å². The lowest BCUT2D eigenvalue weighted by molar-refractivity contribution is -0.118. The minimum absolute atomic E-state index is 0.0410. The average molecular weight is 469 g/mol.